The van der Waals surface area contributed by atoms with Gasteiger partial charge < -0.3 is 5.32 Å². The molecule has 130 valence electrons. The van der Waals surface area contributed by atoms with Gasteiger partial charge in [0.25, 0.3) is 0 Å². The van der Waals surface area contributed by atoms with Crippen molar-refractivity contribution < 1.29 is 13.2 Å². The summed E-state index contributed by atoms with van der Waals surface area (Å²) in [6, 6.07) is 14.9. The van der Waals surface area contributed by atoms with E-state index in [4.69, 9.17) is 16.9 Å². The molecule has 5 nitrogen and oxygen atoms in total. The molecule has 1 N–H and O–H groups in total. The summed E-state index contributed by atoms with van der Waals surface area (Å²) in [4.78, 5) is 12.0. The summed E-state index contributed by atoms with van der Waals surface area (Å²) in [6.07, 6.45) is 0. The van der Waals surface area contributed by atoms with Gasteiger partial charge in [0, 0.05) is 5.02 Å². The number of amides is 1. The summed E-state index contributed by atoms with van der Waals surface area (Å²) in [5, 5.41) is 12.0. The summed E-state index contributed by atoms with van der Waals surface area (Å²) in [7, 11) is -3.60. The van der Waals surface area contributed by atoms with Crippen LogP contribution in [0.15, 0.2) is 48.5 Å². The van der Waals surface area contributed by atoms with Gasteiger partial charge in [0.15, 0.2) is 9.84 Å². The van der Waals surface area contributed by atoms with Crippen LogP contribution in [0.5, 0.6) is 0 Å². The Morgan fingerprint density at radius 1 is 1.16 bits per heavy atom. The molecule has 0 saturated heterocycles. The van der Waals surface area contributed by atoms with Crippen LogP contribution in [0.25, 0.3) is 0 Å². The van der Waals surface area contributed by atoms with Gasteiger partial charge in [0.05, 0.1) is 23.4 Å². The quantitative estimate of drug-likeness (QED) is 0.839. The third kappa shape index (κ3) is 5.89. The zero-order valence-corrected chi connectivity index (χ0v) is 15.1. The van der Waals surface area contributed by atoms with E-state index in [2.05, 4.69) is 5.32 Å². The first-order valence-electron chi connectivity index (χ1n) is 7.53. The van der Waals surface area contributed by atoms with E-state index in [9.17, 15) is 13.2 Å². The molecule has 2 aromatic rings. The first-order valence-corrected chi connectivity index (χ1v) is 9.73. The normalized spacial score (nSPS) is 12.2. The molecule has 0 saturated carbocycles. The summed E-state index contributed by atoms with van der Waals surface area (Å²) >= 11 is 5.82. The number of halogens is 1. The molecule has 2 rings (SSSR count). The molecule has 1 unspecified atom stereocenters. The SMILES string of the molecule is CC(NC(=O)CS(=O)(=O)Cc1ccc(C#N)cc1)c1ccc(Cl)cc1. The number of nitrogens with one attached hydrogen (secondary N) is 1. The van der Waals surface area contributed by atoms with Crippen LogP contribution < -0.4 is 5.32 Å². The van der Waals surface area contributed by atoms with Crippen LogP contribution in [0, 0.1) is 11.3 Å². The van der Waals surface area contributed by atoms with Gasteiger partial charge >= 0.3 is 0 Å². The minimum absolute atomic E-state index is 0.249. The molecule has 1 atom stereocenters. The van der Waals surface area contributed by atoms with Crippen LogP contribution in [0.3, 0.4) is 0 Å². The minimum atomic E-state index is -3.60. The van der Waals surface area contributed by atoms with Gasteiger partial charge in [-0.25, -0.2) is 8.42 Å². The molecule has 0 heterocycles. The molecule has 1 amide bonds. The first-order chi connectivity index (χ1) is 11.8. The molecule has 0 aromatic heterocycles. The van der Waals surface area contributed by atoms with E-state index in [1.165, 1.54) is 0 Å². The summed E-state index contributed by atoms with van der Waals surface area (Å²) in [5.41, 5.74) is 1.83. The Kier molecular flexibility index (Phi) is 6.18. The second-order valence-corrected chi connectivity index (χ2v) is 8.18. The van der Waals surface area contributed by atoms with E-state index in [0.717, 1.165) is 5.56 Å². The molecule has 0 bridgehead atoms. The fourth-order valence-corrected chi connectivity index (χ4v) is 3.71. The minimum Gasteiger partial charge on any atom is -0.349 e. The van der Waals surface area contributed by atoms with Crippen LogP contribution in [-0.4, -0.2) is 20.1 Å². The Hall–Kier alpha value is -2.36. The molecule has 0 spiro atoms. The smallest absolute Gasteiger partial charge is 0.235 e. The van der Waals surface area contributed by atoms with Crippen molar-refractivity contribution >= 4 is 27.3 Å². The van der Waals surface area contributed by atoms with E-state index in [-0.39, 0.29) is 11.8 Å². The van der Waals surface area contributed by atoms with Crippen molar-refractivity contribution in [3.63, 3.8) is 0 Å². The van der Waals surface area contributed by atoms with Crippen molar-refractivity contribution in [2.45, 2.75) is 18.7 Å². The Balaban J connectivity index is 1.95. The Labute approximate surface area is 152 Å². The number of benzene rings is 2. The predicted octanol–water partition coefficient (Wildman–Crippen LogP) is 3.00. The molecular formula is C18H17ClN2O3S. The molecule has 0 radical (unpaired) electrons. The topological polar surface area (TPSA) is 87.0 Å². The van der Waals surface area contributed by atoms with Crippen molar-refractivity contribution in [3.05, 3.63) is 70.2 Å². The number of hydrogen-bond acceptors (Lipinski definition) is 4. The number of nitrogens with zero attached hydrogens (tertiary/aromatic N) is 1. The maximum absolute atomic E-state index is 12.2. The van der Waals surface area contributed by atoms with Gasteiger partial charge in [-0.2, -0.15) is 5.26 Å². The lowest BCUT2D eigenvalue weighted by atomic mass is 10.1. The zero-order valence-electron chi connectivity index (χ0n) is 13.6. The number of carbonyl (C=O) groups excluding carboxylic acids is 1. The number of nitriles is 1. The zero-order chi connectivity index (χ0) is 18.4. The van der Waals surface area contributed by atoms with Gasteiger partial charge in [-0.1, -0.05) is 35.9 Å². The van der Waals surface area contributed by atoms with E-state index < -0.39 is 21.5 Å². The second kappa shape index (κ2) is 8.15. The molecule has 0 aliphatic carbocycles. The largest absolute Gasteiger partial charge is 0.349 e. The van der Waals surface area contributed by atoms with Crippen molar-refractivity contribution in [1.82, 2.24) is 5.32 Å². The maximum Gasteiger partial charge on any atom is 0.235 e. The molecule has 0 aliphatic heterocycles. The standard InChI is InChI=1S/C18H17ClN2O3S/c1-13(16-6-8-17(19)9-7-16)21-18(22)12-25(23,24)11-15-4-2-14(10-20)3-5-15/h2-9,13H,11-12H2,1H3,(H,21,22). The van der Waals surface area contributed by atoms with Gasteiger partial charge in [-0.05, 0) is 42.3 Å². The summed E-state index contributed by atoms with van der Waals surface area (Å²) in [6.45, 7) is 1.77. The van der Waals surface area contributed by atoms with Gasteiger partial charge in [-0.3, -0.25) is 4.79 Å². The highest BCUT2D eigenvalue weighted by molar-refractivity contribution is 7.91. The number of rotatable bonds is 6. The van der Waals surface area contributed by atoms with Crippen molar-refractivity contribution in [3.8, 4) is 6.07 Å². The van der Waals surface area contributed by atoms with Crippen molar-refractivity contribution in [2.75, 3.05) is 5.75 Å². The van der Waals surface area contributed by atoms with Crippen LogP contribution in [0.2, 0.25) is 5.02 Å². The molecular weight excluding hydrogens is 360 g/mol. The third-order valence-corrected chi connectivity index (χ3v) is 5.30. The Bertz CT molecular complexity index is 885. The Morgan fingerprint density at radius 3 is 2.32 bits per heavy atom. The van der Waals surface area contributed by atoms with Gasteiger partial charge in [-0.15, -0.1) is 0 Å². The number of sulfone groups is 1. The van der Waals surface area contributed by atoms with E-state index >= 15 is 0 Å². The summed E-state index contributed by atoms with van der Waals surface area (Å²) in [5.74, 6) is -1.40. The van der Waals surface area contributed by atoms with E-state index in [1.807, 2.05) is 6.07 Å². The number of carbonyl (C=O) groups is 1. The lowest BCUT2D eigenvalue weighted by molar-refractivity contribution is -0.119. The highest BCUT2D eigenvalue weighted by Gasteiger charge is 2.19. The maximum atomic E-state index is 12.2. The van der Waals surface area contributed by atoms with Gasteiger partial charge in [0.2, 0.25) is 5.91 Å². The predicted molar refractivity (Wildman–Crippen MR) is 96.7 cm³/mol. The molecule has 0 fully saturated rings. The second-order valence-electron chi connectivity index (χ2n) is 5.68. The first kappa shape index (κ1) is 19.0. The Morgan fingerprint density at radius 2 is 1.76 bits per heavy atom. The summed E-state index contributed by atoms with van der Waals surface area (Å²) < 4.78 is 24.4. The molecule has 25 heavy (non-hydrogen) atoms. The van der Waals surface area contributed by atoms with E-state index in [1.54, 1.807) is 55.5 Å². The lowest BCUT2D eigenvalue weighted by Gasteiger charge is -2.14. The highest BCUT2D eigenvalue weighted by atomic mass is 35.5. The monoisotopic (exact) mass is 376 g/mol. The molecule has 0 aliphatic rings. The number of hydrogen-bond donors (Lipinski definition) is 1. The van der Waals surface area contributed by atoms with Crippen molar-refractivity contribution in [1.29, 1.82) is 5.26 Å². The van der Waals surface area contributed by atoms with Crippen LogP contribution in [0.4, 0.5) is 0 Å². The van der Waals surface area contributed by atoms with E-state index in [0.29, 0.717) is 16.1 Å². The molecule has 2 aromatic carbocycles. The third-order valence-electron chi connectivity index (χ3n) is 3.57. The van der Waals surface area contributed by atoms with Gasteiger partial charge in [0.1, 0.15) is 5.75 Å². The lowest BCUT2D eigenvalue weighted by Crippen LogP contribution is -2.32. The fraction of sp³-hybridized carbons (Fsp3) is 0.222. The van der Waals surface area contributed by atoms with Crippen molar-refractivity contribution in [2.24, 2.45) is 0 Å². The molecule has 7 heteroatoms. The highest BCUT2D eigenvalue weighted by Crippen LogP contribution is 2.16. The van der Waals surface area contributed by atoms with Crippen LogP contribution in [0.1, 0.15) is 29.7 Å². The van der Waals surface area contributed by atoms with Crippen LogP contribution in [-0.2, 0) is 20.4 Å². The van der Waals surface area contributed by atoms with Crippen LogP contribution >= 0.6 is 11.6 Å². The average molecular weight is 377 g/mol. The fourth-order valence-electron chi connectivity index (χ4n) is 2.30. The average Bonchev–Trinajstić information content (AvgIpc) is 2.55.